The topological polar surface area (TPSA) is 84.7 Å². The number of hydrogen-bond donors (Lipinski definition) is 1. The molecule has 7 nitrogen and oxygen atoms in total. The van der Waals surface area contributed by atoms with Gasteiger partial charge in [0.25, 0.3) is 0 Å². The van der Waals surface area contributed by atoms with Crippen molar-refractivity contribution in [3.63, 3.8) is 0 Å². The van der Waals surface area contributed by atoms with E-state index in [9.17, 15) is 9.59 Å². The Morgan fingerprint density at radius 3 is 2.68 bits per heavy atom. The van der Waals surface area contributed by atoms with Gasteiger partial charge in [-0.3, -0.25) is 14.3 Å². The molecule has 1 N–H and O–H groups in total. The van der Waals surface area contributed by atoms with Crippen LogP contribution >= 0.6 is 0 Å². The molecule has 122 valence electrons. The number of aryl methyl sites for hydroxylation is 2. The first kappa shape index (κ1) is 16.5. The largest absolute Gasteiger partial charge is 0.481 e. The second-order valence-corrected chi connectivity index (χ2v) is 5.80. The maximum absolute atomic E-state index is 12.7. The van der Waals surface area contributed by atoms with Gasteiger partial charge in [0.1, 0.15) is 0 Å². The van der Waals surface area contributed by atoms with Crippen molar-refractivity contribution < 1.29 is 19.4 Å². The smallest absolute Gasteiger partial charge is 0.306 e. The molecule has 7 heteroatoms. The molecule has 1 saturated heterocycles. The average molecular weight is 309 g/mol. The number of hydrogen-bond acceptors (Lipinski definition) is 4. The summed E-state index contributed by atoms with van der Waals surface area (Å²) in [5, 5.41) is 13.2. The third-order valence-electron chi connectivity index (χ3n) is 4.22. The minimum atomic E-state index is -0.911. The summed E-state index contributed by atoms with van der Waals surface area (Å²) >= 11 is 0. The van der Waals surface area contributed by atoms with Crippen molar-refractivity contribution in [2.45, 2.75) is 39.2 Å². The monoisotopic (exact) mass is 309 g/mol. The van der Waals surface area contributed by atoms with Crippen LogP contribution in [0.4, 0.5) is 0 Å². The molecule has 0 saturated carbocycles. The lowest BCUT2D eigenvalue weighted by atomic mass is 9.97. The first-order valence-electron chi connectivity index (χ1n) is 7.43. The highest BCUT2D eigenvalue weighted by Crippen LogP contribution is 2.25. The molecule has 0 radical (unpaired) electrons. The van der Waals surface area contributed by atoms with Crippen molar-refractivity contribution in [1.82, 2.24) is 14.7 Å². The fourth-order valence-electron chi connectivity index (χ4n) is 3.05. The summed E-state index contributed by atoms with van der Waals surface area (Å²) in [6.07, 6.45) is -0.512. The van der Waals surface area contributed by atoms with E-state index in [2.05, 4.69) is 5.10 Å². The Morgan fingerprint density at radius 2 is 2.14 bits per heavy atom. The molecule has 22 heavy (non-hydrogen) atoms. The van der Waals surface area contributed by atoms with Crippen LogP contribution in [-0.4, -0.2) is 57.5 Å². The number of rotatable bonds is 4. The van der Waals surface area contributed by atoms with E-state index in [1.54, 1.807) is 9.58 Å². The zero-order chi connectivity index (χ0) is 16.4. The number of carboxylic acids is 1. The van der Waals surface area contributed by atoms with Crippen LogP contribution in [0.3, 0.4) is 0 Å². The van der Waals surface area contributed by atoms with E-state index < -0.39 is 12.1 Å². The molecule has 2 atom stereocenters. The minimum Gasteiger partial charge on any atom is -0.481 e. The predicted octanol–water partition coefficient (Wildman–Crippen LogP) is 0.843. The molecule has 1 fully saturated rings. The fraction of sp³-hybridized carbons (Fsp3) is 0.667. The van der Waals surface area contributed by atoms with Crippen LogP contribution in [0.15, 0.2) is 0 Å². The molecule has 0 bridgehead atoms. The van der Waals surface area contributed by atoms with Crippen molar-refractivity contribution in [1.29, 1.82) is 0 Å². The summed E-state index contributed by atoms with van der Waals surface area (Å²) in [6, 6.07) is 0. The highest BCUT2D eigenvalue weighted by Gasteiger charge is 2.31. The summed E-state index contributed by atoms with van der Waals surface area (Å²) in [6.45, 7) is 6.93. The predicted molar refractivity (Wildman–Crippen MR) is 79.7 cm³/mol. The van der Waals surface area contributed by atoms with Gasteiger partial charge >= 0.3 is 5.97 Å². The number of morpholine rings is 1. The minimum absolute atomic E-state index is 0.00195. The van der Waals surface area contributed by atoms with Crippen LogP contribution in [0.5, 0.6) is 0 Å². The van der Waals surface area contributed by atoms with Gasteiger partial charge in [-0.05, 0) is 20.8 Å². The van der Waals surface area contributed by atoms with Crippen molar-refractivity contribution in [3.05, 3.63) is 17.0 Å². The van der Waals surface area contributed by atoms with Gasteiger partial charge in [0.15, 0.2) is 0 Å². The molecule has 2 rings (SSSR count). The SMILES string of the molecule is Cc1nn(C)c(C)c1C(C)C(=O)N1CCOC(CC(=O)O)C1. The molecule has 2 unspecified atom stereocenters. The standard InChI is InChI=1S/C15H23N3O4/c1-9(14-10(2)16-17(4)11(14)3)15(21)18-5-6-22-12(8-18)7-13(19)20/h9,12H,5-8H2,1-4H3,(H,19,20). The summed E-state index contributed by atoms with van der Waals surface area (Å²) in [5.74, 6) is -1.21. The Balaban J connectivity index is 2.11. The van der Waals surface area contributed by atoms with E-state index in [1.165, 1.54) is 0 Å². The summed E-state index contributed by atoms with van der Waals surface area (Å²) in [4.78, 5) is 25.2. The van der Waals surface area contributed by atoms with Crippen molar-refractivity contribution >= 4 is 11.9 Å². The quantitative estimate of drug-likeness (QED) is 0.891. The van der Waals surface area contributed by atoms with Gasteiger partial charge in [-0.15, -0.1) is 0 Å². The molecule has 1 amide bonds. The van der Waals surface area contributed by atoms with E-state index >= 15 is 0 Å². The third kappa shape index (κ3) is 3.30. The lowest BCUT2D eigenvalue weighted by Crippen LogP contribution is -2.47. The Kier molecular flexibility index (Phi) is 4.85. The lowest BCUT2D eigenvalue weighted by molar-refractivity contribution is -0.148. The maximum atomic E-state index is 12.7. The maximum Gasteiger partial charge on any atom is 0.306 e. The van der Waals surface area contributed by atoms with Crippen LogP contribution in [0.25, 0.3) is 0 Å². The van der Waals surface area contributed by atoms with Crippen molar-refractivity contribution in [3.8, 4) is 0 Å². The van der Waals surface area contributed by atoms with Crippen LogP contribution in [-0.2, 0) is 21.4 Å². The summed E-state index contributed by atoms with van der Waals surface area (Å²) in [7, 11) is 1.86. The Morgan fingerprint density at radius 1 is 1.45 bits per heavy atom. The molecule has 0 spiro atoms. The van der Waals surface area contributed by atoms with Gasteiger partial charge in [0.05, 0.1) is 30.7 Å². The number of nitrogens with zero attached hydrogens (tertiary/aromatic N) is 3. The first-order valence-corrected chi connectivity index (χ1v) is 7.43. The normalized spacial score (nSPS) is 20.0. The summed E-state index contributed by atoms with van der Waals surface area (Å²) < 4.78 is 7.19. The molecule has 0 aromatic carbocycles. The Labute approximate surface area is 129 Å². The van der Waals surface area contributed by atoms with Gasteiger partial charge in [-0.1, -0.05) is 0 Å². The number of carboxylic acid groups (broad SMARTS) is 1. The van der Waals surface area contributed by atoms with Gasteiger partial charge in [-0.2, -0.15) is 5.10 Å². The lowest BCUT2D eigenvalue weighted by Gasteiger charge is -2.34. The van der Waals surface area contributed by atoms with Crippen LogP contribution in [0.2, 0.25) is 0 Å². The van der Waals surface area contributed by atoms with Gasteiger partial charge in [0.2, 0.25) is 5.91 Å². The number of aromatic nitrogens is 2. The van der Waals surface area contributed by atoms with Crippen molar-refractivity contribution in [2.75, 3.05) is 19.7 Å². The molecular weight excluding hydrogens is 286 g/mol. The van der Waals surface area contributed by atoms with Gasteiger partial charge in [-0.25, -0.2) is 0 Å². The van der Waals surface area contributed by atoms with Crippen LogP contribution < -0.4 is 0 Å². The molecule has 1 aliphatic rings. The highest BCUT2D eigenvalue weighted by atomic mass is 16.5. The number of amides is 1. The fourth-order valence-corrected chi connectivity index (χ4v) is 3.05. The van der Waals surface area contributed by atoms with Gasteiger partial charge in [0, 0.05) is 31.4 Å². The van der Waals surface area contributed by atoms with E-state index in [0.717, 1.165) is 17.0 Å². The highest BCUT2D eigenvalue weighted by molar-refractivity contribution is 5.84. The third-order valence-corrected chi connectivity index (χ3v) is 4.22. The average Bonchev–Trinajstić information content (AvgIpc) is 2.70. The number of carbonyl (C=O) groups excluding carboxylic acids is 1. The molecular formula is C15H23N3O4. The zero-order valence-electron chi connectivity index (χ0n) is 13.5. The number of ether oxygens (including phenoxy) is 1. The summed E-state index contributed by atoms with van der Waals surface area (Å²) in [5.41, 5.74) is 2.79. The van der Waals surface area contributed by atoms with Crippen molar-refractivity contribution in [2.24, 2.45) is 7.05 Å². The Bertz CT molecular complexity index is 582. The van der Waals surface area contributed by atoms with Gasteiger partial charge < -0.3 is 14.7 Å². The Hall–Kier alpha value is -1.89. The molecule has 2 heterocycles. The second-order valence-electron chi connectivity index (χ2n) is 5.80. The number of carbonyl (C=O) groups is 2. The zero-order valence-corrected chi connectivity index (χ0v) is 13.5. The first-order chi connectivity index (χ1) is 10.3. The second kappa shape index (κ2) is 6.48. The number of aliphatic carboxylic acids is 1. The van der Waals surface area contributed by atoms with Crippen LogP contribution in [0, 0.1) is 13.8 Å². The molecule has 1 aromatic rings. The molecule has 1 aromatic heterocycles. The molecule has 0 aliphatic carbocycles. The van der Waals surface area contributed by atoms with E-state index in [0.29, 0.717) is 19.7 Å². The van der Waals surface area contributed by atoms with E-state index in [1.807, 2.05) is 27.8 Å². The molecule has 1 aliphatic heterocycles. The van der Waals surface area contributed by atoms with E-state index in [-0.39, 0.29) is 18.2 Å². The van der Waals surface area contributed by atoms with E-state index in [4.69, 9.17) is 9.84 Å². The van der Waals surface area contributed by atoms with Crippen LogP contribution in [0.1, 0.15) is 36.2 Å².